The fourth-order valence-corrected chi connectivity index (χ4v) is 1.13. The van der Waals surface area contributed by atoms with E-state index in [2.05, 4.69) is 0 Å². The van der Waals surface area contributed by atoms with E-state index in [9.17, 15) is 0 Å². The monoisotopic (exact) mass is 189 g/mol. The van der Waals surface area contributed by atoms with Crippen LogP contribution in [0.4, 0.5) is 0 Å². The third-order valence-electron chi connectivity index (χ3n) is 1.88. The molecule has 1 rings (SSSR count). The molecule has 0 aliphatic heterocycles. The number of methoxy groups -OCH3 is 1. The van der Waals surface area contributed by atoms with Gasteiger partial charge < -0.3 is 10.1 Å². The van der Waals surface area contributed by atoms with Crippen molar-refractivity contribution < 1.29 is 4.74 Å². The second kappa shape index (κ2) is 5.22. The van der Waals surface area contributed by atoms with Crippen LogP contribution in [0.15, 0.2) is 36.4 Å². The first kappa shape index (κ1) is 10.5. The van der Waals surface area contributed by atoms with Crippen LogP contribution in [0.1, 0.15) is 12.5 Å². The summed E-state index contributed by atoms with van der Waals surface area (Å²) in [7, 11) is 1.66. The number of ether oxygens (including phenoxy) is 1. The summed E-state index contributed by atoms with van der Waals surface area (Å²) >= 11 is 0. The van der Waals surface area contributed by atoms with Crippen LogP contribution in [0.25, 0.3) is 0 Å². The molecule has 1 N–H and O–H groups in total. The fourth-order valence-electron chi connectivity index (χ4n) is 1.13. The van der Waals surface area contributed by atoms with E-state index in [1.165, 1.54) is 5.56 Å². The van der Waals surface area contributed by atoms with E-state index in [0.717, 1.165) is 12.2 Å². The molecule has 0 heterocycles. The smallest absolute Gasteiger partial charge is 0.118 e. The normalized spacial score (nSPS) is 10.4. The molecule has 0 aliphatic carbocycles. The summed E-state index contributed by atoms with van der Waals surface area (Å²) < 4.78 is 5.06. The molecule has 2 heteroatoms. The summed E-state index contributed by atoms with van der Waals surface area (Å²) in [5.74, 6) is 0.876. The zero-order valence-electron chi connectivity index (χ0n) is 8.58. The highest BCUT2D eigenvalue weighted by atomic mass is 16.5. The highest BCUT2D eigenvalue weighted by Crippen LogP contribution is 2.11. The van der Waals surface area contributed by atoms with Crippen LogP contribution in [0, 0.1) is 5.41 Å². The van der Waals surface area contributed by atoms with Crippen molar-refractivity contribution in [2.24, 2.45) is 0 Å². The number of hydrogen-bond donors (Lipinski definition) is 1. The third-order valence-corrected chi connectivity index (χ3v) is 1.88. The van der Waals surface area contributed by atoms with Gasteiger partial charge in [-0.3, -0.25) is 0 Å². The Balaban J connectivity index is 2.56. The Morgan fingerprint density at radius 3 is 2.50 bits per heavy atom. The molecular weight excluding hydrogens is 174 g/mol. The van der Waals surface area contributed by atoms with Gasteiger partial charge >= 0.3 is 0 Å². The largest absolute Gasteiger partial charge is 0.497 e. The van der Waals surface area contributed by atoms with Gasteiger partial charge in [-0.25, -0.2) is 0 Å². The molecule has 1 aromatic carbocycles. The fraction of sp³-hybridized carbons (Fsp3) is 0.250. The molecular formula is C12H15NO. The molecule has 0 aliphatic rings. The van der Waals surface area contributed by atoms with Gasteiger partial charge in [0.2, 0.25) is 0 Å². The maximum absolute atomic E-state index is 7.22. The average Bonchev–Trinajstić information content (AvgIpc) is 2.18. The van der Waals surface area contributed by atoms with Crippen molar-refractivity contribution in [1.82, 2.24) is 0 Å². The summed E-state index contributed by atoms with van der Waals surface area (Å²) in [6, 6.07) is 7.95. The molecule has 0 radical (unpaired) electrons. The Bertz CT molecular complexity index is 325. The van der Waals surface area contributed by atoms with Crippen molar-refractivity contribution in [3.63, 3.8) is 0 Å². The summed E-state index contributed by atoms with van der Waals surface area (Å²) in [6.07, 6.45) is 4.66. The topological polar surface area (TPSA) is 33.1 Å². The zero-order valence-corrected chi connectivity index (χ0v) is 8.58. The van der Waals surface area contributed by atoms with E-state index in [1.54, 1.807) is 14.0 Å². The van der Waals surface area contributed by atoms with Crippen LogP contribution >= 0.6 is 0 Å². The summed E-state index contributed by atoms with van der Waals surface area (Å²) in [4.78, 5) is 0. The minimum Gasteiger partial charge on any atom is -0.497 e. The van der Waals surface area contributed by atoms with Gasteiger partial charge in [-0.2, -0.15) is 0 Å². The lowest BCUT2D eigenvalue weighted by Crippen LogP contribution is -1.85. The van der Waals surface area contributed by atoms with E-state index in [1.807, 2.05) is 36.4 Å². The number of nitrogens with one attached hydrogen (secondary N) is 1. The maximum Gasteiger partial charge on any atom is 0.118 e. The summed E-state index contributed by atoms with van der Waals surface area (Å²) in [5, 5.41) is 7.22. The van der Waals surface area contributed by atoms with Crippen molar-refractivity contribution in [2.75, 3.05) is 7.11 Å². The van der Waals surface area contributed by atoms with E-state index in [-0.39, 0.29) is 0 Å². The maximum atomic E-state index is 7.22. The van der Waals surface area contributed by atoms with Gasteiger partial charge in [0, 0.05) is 5.71 Å². The van der Waals surface area contributed by atoms with Crippen LogP contribution in [0.2, 0.25) is 0 Å². The highest BCUT2D eigenvalue weighted by molar-refractivity contribution is 5.89. The Labute approximate surface area is 84.7 Å². The van der Waals surface area contributed by atoms with E-state index in [0.29, 0.717) is 5.71 Å². The first-order valence-corrected chi connectivity index (χ1v) is 4.57. The first-order valence-electron chi connectivity index (χ1n) is 4.57. The Kier molecular flexibility index (Phi) is 3.92. The van der Waals surface area contributed by atoms with Gasteiger partial charge in [-0.1, -0.05) is 18.2 Å². The van der Waals surface area contributed by atoms with Crippen molar-refractivity contribution in [2.45, 2.75) is 13.3 Å². The van der Waals surface area contributed by atoms with Gasteiger partial charge in [0.15, 0.2) is 0 Å². The number of rotatable bonds is 4. The second-order valence-corrected chi connectivity index (χ2v) is 3.14. The molecule has 0 spiro atoms. The number of hydrogen-bond acceptors (Lipinski definition) is 2. The van der Waals surface area contributed by atoms with Gasteiger partial charge in [-0.05, 0) is 37.1 Å². The van der Waals surface area contributed by atoms with Gasteiger partial charge in [0.05, 0.1) is 7.11 Å². The van der Waals surface area contributed by atoms with Crippen molar-refractivity contribution >= 4 is 5.71 Å². The molecule has 0 bridgehead atoms. The standard InChI is InChI=1S/C12H15NO/c1-10(13)4-3-5-11-6-8-12(14-2)9-7-11/h3-4,6-9,13H,5H2,1-2H3/b4-3-,13-10?. The van der Waals surface area contributed by atoms with Crippen LogP contribution in [-0.2, 0) is 6.42 Å². The van der Waals surface area contributed by atoms with Crippen LogP contribution in [0.5, 0.6) is 5.75 Å². The van der Waals surface area contributed by atoms with Crippen molar-refractivity contribution in [1.29, 1.82) is 5.41 Å². The molecule has 0 aromatic heterocycles. The molecule has 0 fully saturated rings. The third kappa shape index (κ3) is 3.44. The average molecular weight is 189 g/mol. The zero-order chi connectivity index (χ0) is 10.4. The Morgan fingerprint density at radius 2 is 2.00 bits per heavy atom. The van der Waals surface area contributed by atoms with Crippen molar-refractivity contribution in [3.8, 4) is 5.75 Å². The SMILES string of the molecule is COc1ccc(C/C=C\C(C)=N)cc1. The molecule has 0 amide bonds. The van der Waals surface area contributed by atoms with Crippen LogP contribution in [0.3, 0.4) is 0 Å². The van der Waals surface area contributed by atoms with E-state index < -0.39 is 0 Å². The molecule has 1 aromatic rings. The predicted molar refractivity (Wildman–Crippen MR) is 59.2 cm³/mol. The molecule has 0 unspecified atom stereocenters. The van der Waals surface area contributed by atoms with E-state index >= 15 is 0 Å². The van der Waals surface area contributed by atoms with Crippen LogP contribution in [-0.4, -0.2) is 12.8 Å². The van der Waals surface area contributed by atoms with Gasteiger partial charge in [0.1, 0.15) is 5.75 Å². The Morgan fingerprint density at radius 1 is 1.36 bits per heavy atom. The summed E-state index contributed by atoms with van der Waals surface area (Å²) in [5.41, 5.74) is 1.81. The number of allylic oxidation sites excluding steroid dienone is 2. The molecule has 0 saturated carbocycles. The summed E-state index contributed by atoms with van der Waals surface area (Å²) in [6.45, 7) is 1.77. The molecule has 2 nitrogen and oxygen atoms in total. The lowest BCUT2D eigenvalue weighted by Gasteiger charge is -2.00. The minimum absolute atomic E-state index is 0.582. The van der Waals surface area contributed by atoms with Crippen LogP contribution < -0.4 is 4.74 Å². The molecule has 0 atom stereocenters. The quantitative estimate of drug-likeness (QED) is 0.726. The molecule has 14 heavy (non-hydrogen) atoms. The lowest BCUT2D eigenvalue weighted by atomic mass is 10.1. The first-order chi connectivity index (χ1) is 6.72. The lowest BCUT2D eigenvalue weighted by molar-refractivity contribution is 0.414. The minimum atomic E-state index is 0.582. The van der Waals surface area contributed by atoms with Gasteiger partial charge in [-0.15, -0.1) is 0 Å². The molecule has 74 valence electrons. The van der Waals surface area contributed by atoms with Gasteiger partial charge in [0.25, 0.3) is 0 Å². The number of benzene rings is 1. The molecule has 0 saturated heterocycles. The van der Waals surface area contributed by atoms with E-state index in [4.69, 9.17) is 10.1 Å². The predicted octanol–water partition coefficient (Wildman–Crippen LogP) is 2.83. The highest BCUT2D eigenvalue weighted by Gasteiger charge is 1.91. The second-order valence-electron chi connectivity index (χ2n) is 3.14. The Hall–Kier alpha value is -1.57. The van der Waals surface area contributed by atoms with Crippen molar-refractivity contribution in [3.05, 3.63) is 42.0 Å².